The van der Waals surface area contributed by atoms with E-state index in [-0.39, 0.29) is 0 Å². The van der Waals surface area contributed by atoms with Crippen LogP contribution in [0, 0.1) is 6.92 Å². The monoisotopic (exact) mass is 202 g/mol. The van der Waals surface area contributed by atoms with Gasteiger partial charge in [0.1, 0.15) is 11.5 Å². The molecule has 0 unspecified atom stereocenters. The van der Waals surface area contributed by atoms with E-state index in [0.717, 1.165) is 17.1 Å². The first kappa shape index (κ1) is 11.6. The van der Waals surface area contributed by atoms with Crippen LogP contribution in [-0.2, 0) is 0 Å². The summed E-state index contributed by atoms with van der Waals surface area (Å²) in [6.45, 7) is 8.14. The second kappa shape index (κ2) is 5.40. The lowest BCUT2D eigenvalue weighted by Gasteiger charge is -2.10. The summed E-state index contributed by atoms with van der Waals surface area (Å²) < 4.78 is 5.84. The first-order chi connectivity index (χ1) is 7.15. The van der Waals surface area contributed by atoms with E-state index in [1.54, 1.807) is 0 Å². The minimum atomic E-state index is 0.923. The van der Waals surface area contributed by atoms with Gasteiger partial charge in [0.05, 0.1) is 0 Å². The van der Waals surface area contributed by atoms with E-state index >= 15 is 0 Å². The molecule has 0 aliphatic rings. The molecule has 0 bridgehead atoms. The minimum absolute atomic E-state index is 0.923. The summed E-state index contributed by atoms with van der Waals surface area (Å²) in [7, 11) is 0. The molecule has 0 heterocycles. The second-order valence-electron chi connectivity index (χ2n) is 3.73. The number of hydrogen-bond acceptors (Lipinski definition) is 1. The maximum absolute atomic E-state index is 5.84. The largest absolute Gasteiger partial charge is 0.457 e. The molecule has 1 aromatic carbocycles. The van der Waals surface area contributed by atoms with Gasteiger partial charge in [-0.3, -0.25) is 0 Å². The van der Waals surface area contributed by atoms with Gasteiger partial charge in [-0.05, 0) is 51.0 Å². The van der Waals surface area contributed by atoms with Crippen molar-refractivity contribution in [3.8, 4) is 5.75 Å². The summed E-state index contributed by atoms with van der Waals surface area (Å²) >= 11 is 0. The number of benzene rings is 1. The van der Waals surface area contributed by atoms with Gasteiger partial charge < -0.3 is 4.74 Å². The number of para-hydroxylation sites is 1. The summed E-state index contributed by atoms with van der Waals surface area (Å²) in [5.74, 6) is 1.85. The number of allylic oxidation sites excluding steroid dienone is 3. The Morgan fingerprint density at radius 2 is 1.87 bits per heavy atom. The highest BCUT2D eigenvalue weighted by atomic mass is 16.5. The zero-order valence-electron chi connectivity index (χ0n) is 9.87. The standard InChI is InChI=1S/C14H18O/c1-5-8-13(11(2)3)15-14-10-7-6-9-12(14)4/h5-10H,1-4H3. The highest BCUT2D eigenvalue weighted by molar-refractivity contribution is 5.35. The summed E-state index contributed by atoms with van der Waals surface area (Å²) in [5, 5.41) is 0. The van der Waals surface area contributed by atoms with Gasteiger partial charge in [-0.2, -0.15) is 0 Å². The average molecular weight is 202 g/mol. The van der Waals surface area contributed by atoms with Crippen LogP contribution in [0.5, 0.6) is 5.75 Å². The van der Waals surface area contributed by atoms with Crippen molar-refractivity contribution in [1.82, 2.24) is 0 Å². The highest BCUT2D eigenvalue weighted by Gasteiger charge is 2.01. The van der Waals surface area contributed by atoms with E-state index in [0.29, 0.717) is 0 Å². The van der Waals surface area contributed by atoms with Crippen molar-refractivity contribution in [1.29, 1.82) is 0 Å². The van der Waals surface area contributed by atoms with Crippen LogP contribution in [0.4, 0.5) is 0 Å². The van der Waals surface area contributed by atoms with Crippen LogP contribution >= 0.6 is 0 Å². The Labute approximate surface area is 92.1 Å². The molecular formula is C14H18O. The van der Waals surface area contributed by atoms with Gasteiger partial charge in [0.2, 0.25) is 0 Å². The molecule has 0 aromatic heterocycles. The van der Waals surface area contributed by atoms with Crippen molar-refractivity contribution in [2.24, 2.45) is 0 Å². The topological polar surface area (TPSA) is 9.23 Å². The molecule has 0 fully saturated rings. The van der Waals surface area contributed by atoms with Gasteiger partial charge in [0.15, 0.2) is 0 Å². The lowest BCUT2D eigenvalue weighted by molar-refractivity contribution is 0.435. The molecule has 80 valence electrons. The second-order valence-corrected chi connectivity index (χ2v) is 3.73. The molecule has 1 aromatic rings. The Morgan fingerprint density at radius 3 is 2.40 bits per heavy atom. The molecule has 0 N–H and O–H groups in total. The normalized spacial score (nSPS) is 10.4. The van der Waals surface area contributed by atoms with Gasteiger partial charge in [-0.1, -0.05) is 24.3 Å². The third-order valence-corrected chi connectivity index (χ3v) is 2.12. The SMILES string of the molecule is CC=CC(Oc1ccccc1C)=C(C)C. The zero-order chi connectivity index (χ0) is 11.3. The molecule has 1 nitrogen and oxygen atoms in total. The predicted octanol–water partition coefficient (Wildman–Crippen LogP) is 4.24. The molecule has 0 atom stereocenters. The Morgan fingerprint density at radius 1 is 1.20 bits per heavy atom. The summed E-state index contributed by atoms with van der Waals surface area (Å²) in [6, 6.07) is 8.04. The van der Waals surface area contributed by atoms with E-state index < -0.39 is 0 Å². The molecule has 0 amide bonds. The fourth-order valence-electron chi connectivity index (χ4n) is 1.24. The summed E-state index contributed by atoms with van der Waals surface area (Å²) in [6.07, 6.45) is 3.97. The Bertz CT molecular complexity index is 382. The minimum Gasteiger partial charge on any atom is -0.457 e. The van der Waals surface area contributed by atoms with Crippen molar-refractivity contribution in [3.05, 3.63) is 53.3 Å². The fourth-order valence-corrected chi connectivity index (χ4v) is 1.24. The molecule has 0 saturated heterocycles. The smallest absolute Gasteiger partial charge is 0.130 e. The lowest BCUT2D eigenvalue weighted by Crippen LogP contribution is -1.96. The summed E-state index contributed by atoms with van der Waals surface area (Å²) in [4.78, 5) is 0. The van der Waals surface area contributed by atoms with Crippen LogP contribution in [0.3, 0.4) is 0 Å². The van der Waals surface area contributed by atoms with Gasteiger partial charge in [-0.25, -0.2) is 0 Å². The van der Waals surface area contributed by atoms with E-state index in [4.69, 9.17) is 4.74 Å². The Kier molecular flexibility index (Phi) is 4.17. The van der Waals surface area contributed by atoms with E-state index in [2.05, 4.69) is 0 Å². The van der Waals surface area contributed by atoms with Gasteiger partial charge in [0, 0.05) is 0 Å². The zero-order valence-corrected chi connectivity index (χ0v) is 9.87. The number of aryl methyl sites for hydroxylation is 1. The third kappa shape index (κ3) is 3.28. The number of rotatable bonds is 3. The maximum atomic E-state index is 5.84. The predicted molar refractivity (Wildman–Crippen MR) is 65.0 cm³/mol. The third-order valence-electron chi connectivity index (χ3n) is 2.12. The number of hydrogen-bond donors (Lipinski definition) is 0. The quantitative estimate of drug-likeness (QED) is 0.526. The van der Waals surface area contributed by atoms with Gasteiger partial charge >= 0.3 is 0 Å². The van der Waals surface area contributed by atoms with E-state index in [1.165, 1.54) is 5.57 Å². The molecule has 0 radical (unpaired) electrons. The Balaban J connectivity index is 2.94. The highest BCUT2D eigenvalue weighted by Crippen LogP contribution is 2.20. The molecule has 0 aliphatic heterocycles. The molecule has 0 aliphatic carbocycles. The van der Waals surface area contributed by atoms with Crippen LogP contribution in [0.1, 0.15) is 26.3 Å². The van der Waals surface area contributed by atoms with Crippen LogP contribution in [0.25, 0.3) is 0 Å². The van der Waals surface area contributed by atoms with Crippen molar-refractivity contribution >= 4 is 0 Å². The first-order valence-electron chi connectivity index (χ1n) is 5.18. The van der Waals surface area contributed by atoms with Crippen molar-refractivity contribution < 1.29 is 4.74 Å². The molecule has 0 spiro atoms. The van der Waals surface area contributed by atoms with Crippen molar-refractivity contribution in [2.75, 3.05) is 0 Å². The van der Waals surface area contributed by atoms with Gasteiger partial charge in [0.25, 0.3) is 0 Å². The molecule has 15 heavy (non-hydrogen) atoms. The fraction of sp³-hybridized carbons (Fsp3) is 0.286. The first-order valence-corrected chi connectivity index (χ1v) is 5.18. The average Bonchev–Trinajstić information content (AvgIpc) is 2.20. The maximum Gasteiger partial charge on any atom is 0.130 e. The van der Waals surface area contributed by atoms with E-state index in [1.807, 2.05) is 64.1 Å². The van der Waals surface area contributed by atoms with Crippen LogP contribution < -0.4 is 4.74 Å². The molecule has 1 heteroatoms. The van der Waals surface area contributed by atoms with Gasteiger partial charge in [-0.15, -0.1) is 0 Å². The molecular weight excluding hydrogens is 184 g/mol. The van der Waals surface area contributed by atoms with Crippen molar-refractivity contribution in [2.45, 2.75) is 27.7 Å². The molecule has 1 rings (SSSR count). The molecule has 0 saturated carbocycles. The summed E-state index contributed by atoms with van der Waals surface area (Å²) in [5.41, 5.74) is 2.33. The van der Waals surface area contributed by atoms with E-state index in [9.17, 15) is 0 Å². The van der Waals surface area contributed by atoms with Crippen LogP contribution in [0.2, 0.25) is 0 Å². The van der Waals surface area contributed by atoms with Crippen molar-refractivity contribution in [3.63, 3.8) is 0 Å². The lowest BCUT2D eigenvalue weighted by atomic mass is 10.2. The number of ether oxygens (including phenoxy) is 1. The van der Waals surface area contributed by atoms with Crippen LogP contribution in [-0.4, -0.2) is 0 Å². The Hall–Kier alpha value is -1.50. The van der Waals surface area contributed by atoms with Crippen LogP contribution in [0.15, 0.2) is 47.7 Å².